The van der Waals surface area contributed by atoms with Crippen LogP contribution in [0.2, 0.25) is 0 Å². The summed E-state index contributed by atoms with van der Waals surface area (Å²) in [4.78, 5) is 8.64. The van der Waals surface area contributed by atoms with E-state index in [4.69, 9.17) is 10.7 Å². The van der Waals surface area contributed by atoms with Gasteiger partial charge in [-0.2, -0.15) is 0 Å². The Kier molecular flexibility index (Phi) is 2.53. The molecular formula is C12H19N3S. The third-order valence-electron chi connectivity index (χ3n) is 3.90. The molecule has 1 aromatic heterocycles. The number of rotatable bonds is 1. The van der Waals surface area contributed by atoms with E-state index in [1.54, 1.807) is 0 Å². The molecule has 3 nitrogen and oxygen atoms in total. The van der Waals surface area contributed by atoms with Gasteiger partial charge < -0.3 is 10.6 Å². The summed E-state index contributed by atoms with van der Waals surface area (Å²) in [6, 6.07) is 0. The van der Waals surface area contributed by atoms with Crippen molar-refractivity contribution in [2.45, 2.75) is 37.6 Å². The minimum absolute atomic E-state index is 0.137. The molecule has 1 aromatic rings. The van der Waals surface area contributed by atoms with E-state index in [2.05, 4.69) is 11.9 Å². The quantitative estimate of drug-likeness (QED) is 0.805. The highest BCUT2D eigenvalue weighted by atomic mass is 32.1. The van der Waals surface area contributed by atoms with Crippen molar-refractivity contribution in [1.82, 2.24) is 9.88 Å². The number of aromatic nitrogens is 1. The molecule has 0 saturated carbocycles. The summed E-state index contributed by atoms with van der Waals surface area (Å²) in [5.41, 5.74) is 7.72. The van der Waals surface area contributed by atoms with Crippen molar-refractivity contribution in [1.29, 1.82) is 0 Å². The molecule has 1 aliphatic carbocycles. The normalized spacial score (nSPS) is 24.6. The molecule has 0 radical (unpaired) electrons. The fourth-order valence-corrected chi connectivity index (χ4v) is 3.94. The van der Waals surface area contributed by atoms with Crippen LogP contribution in [0, 0.1) is 0 Å². The summed E-state index contributed by atoms with van der Waals surface area (Å²) >= 11 is 1.87. The second-order valence-electron chi connectivity index (χ2n) is 5.20. The molecule has 16 heavy (non-hydrogen) atoms. The zero-order valence-electron chi connectivity index (χ0n) is 9.83. The van der Waals surface area contributed by atoms with Gasteiger partial charge in [0.15, 0.2) is 0 Å². The number of hydrogen-bond acceptors (Lipinski definition) is 4. The molecule has 1 fully saturated rings. The Morgan fingerprint density at radius 3 is 2.75 bits per heavy atom. The lowest BCUT2D eigenvalue weighted by Gasteiger charge is -2.36. The topological polar surface area (TPSA) is 42.1 Å². The molecule has 0 bridgehead atoms. The van der Waals surface area contributed by atoms with E-state index < -0.39 is 0 Å². The number of piperidine rings is 1. The summed E-state index contributed by atoms with van der Waals surface area (Å²) in [5.74, 6) is 0. The van der Waals surface area contributed by atoms with Gasteiger partial charge in [-0.15, -0.1) is 11.3 Å². The fraction of sp³-hybridized carbons (Fsp3) is 0.750. The molecule has 1 saturated heterocycles. The van der Waals surface area contributed by atoms with E-state index in [1.807, 2.05) is 11.3 Å². The van der Waals surface area contributed by atoms with Crippen LogP contribution in [0.15, 0.2) is 0 Å². The molecule has 4 heteroatoms. The van der Waals surface area contributed by atoms with Gasteiger partial charge in [-0.05, 0) is 52.2 Å². The van der Waals surface area contributed by atoms with Gasteiger partial charge >= 0.3 is 0 Å². The predicted molar refractivity (Wildman–Crippen MR) is 66.7 cm³/mol. The largest absolute Gasteiger partial charge is 0.319 e. The van der Waals surface area contributed by atoms with Gasteiger partial charge in [0.05, 0.1) is 11.2 Å². The van der Waals surface area contributed by atoms with Gasteiger partial charge in [0.1, 0.15) is 5.01 Å². The van der Waals surface area contributed by atoms with Crippen molar-refractivity contribution in [2.75, 3.05) is 20.1 Å². The van der Waals surface area contributed by atoms with E-state index in [-0.39, 0.29) is 5.54 Å². The van der Waals surface area contributed by atoms with Crippen molar-refractivity contribution in [3.8, 4) is 0 Å². The molecule has 2 heterocycles. The Balaban J connectivity index is 1.85. The second-order valence-corrected chi connectivity index (χ2v) is 6.29. The average molecular weight is 237 g/mol. The van der Waals surface area contributed by atoms with Crippen molar-refractivity contribution in [3.05, 3.63) is 15.6 Å². The number of thiazole rings is 1. The average Bonchev–Trinajstić information content (AvgIpc) is 2.82. The maximum absolute atomic E-state index is 6.52. The molecule has 2 N–H and O–H groups in total. The van der Waals surface area contributed by atoms with Crippen LogP contribution in [-0.4, -0.2) is 30.0 Å². The van der Waals surface area contributed by atoms with Crippen LogP contribution in [-0.2, 0) is 18.4 Å². The highest BCUT2D eigenvalue weighted by Crippen LogP contribution is 2.36. The molecular weight excluding hydrogens is 218 g/mol. The Morgan fingerprint density at radius 1 is 1.31 bits per heavy atom. The van der Waals surface area contributed by atoms with Gasteiger partial charge in [-0.25, -0.2) is 4.98 Å². The molecule has 0 spiro atoms. The number of hydrogen-bond donors (Lipinski definition) is 1. The Bertz CT molecular complexity index is 369. The van der Waals surface area contributed by atoms with Crippen LogP contribution in [0.1, 0.15) is 34.8 Å². The van der Waals surface area contributed by atoms with E-state index in [1.165, 1.54) is 34.8 Å². The van der Waals surface area contributed by atoms with Crippen LogP contribution >= 0.6 is 11.3 Å². The van der Waals surface area contributed by atoms with Crippen LogP contribution in [0.25, 0.3) is 0 Å². The third kappa shape index (κ3) is 1.69. The minimum atomic E-state index is -0.137. The van der Waals surface area contributed by atoms with Crippen molar-refractivity contribution >= 4 is 11.3 Å². The second kappa shape index (κ2) is 3.79. The van der Waals surface area contributed by atoms with Gasteiger partial charge in [-0.3, -0.25) is 0 Å². The van der Waals surface area contributed by atoms with Crippen LogP contribution in [0.3, 0.4) is 0 Å². The van der Waals surface area contributed by atoms with Crippen molar-refractivity contribution < 1.29 is 0 Å². The molecule has 1 aliphatic heterocycles. The first-order valence-electron chi connectivity index (χ1n) is 6.14. The van der Waals surface area contributed by atoms with E-state index >= 15 is 0 Å². The Morgan fingerprint density at radius 2 is 2.06 bits per heavy atom. The summed E-state index contributed by atoms with van der Waals surface area (Å²) in [6.07, 6.45) is 5.78. The first kappa shape index (κ1) is 10.7. The highest BCUT2D eigenvalue weighted by molar-refractivity contribution is 7.12. The molecule has 0 amide bonds. The van der Waals surface area contributed by atoms with Crippen LogP contribution in [0.5, 0.6) is 0 Å². The summed E-state index contributed by atoms with van der Waals surface area (Å²) in [5, 5.41) is 1.20. The number of aryl methyl sites for hydroxylation is 2. The first-order valence-corrected chi connectivity index (χ1v) is 6.95. The highest BCUT2D eigenvalue weighted by Gasteiger charge is 2.35. The van der Waals surface area contributed by atoms with Gasteiger partial charge in [0, 0.05) is 4.88 Å². The van der Waals surface area contributed by atoms with E-state index in [9.17, 15) is 0 Å². The van der Waals surface area contributed by atoms with Crippen molar-refractivity contribution in [2.24, 2.45) is 5.73 Å². The number of fused-ring (bicyclic) bond motifs is 1. The summed E-state index contributed by atoms with van der Waals surface area (Å²) < 4.78 is 0. The Hall–Kier alpha value is -0.450. The smallest absolute Gasteiger partial charge is 0.113 e. The maximum Gasteiger partial charge on any atom is 0.113 e. The lowest BCUT2D eigenvalue weighted by Crippen LogP contribution is -2.46. The standard InChI is InChI=1S/C12H19N3S/c1-15-7-5-12(13,6-8-15)11-14-9-3-2-4-10(9)16-11/h2-8,13H2,1H3. The molecule has 3 rings (SSSR count). The monoisotopic (exact) mass is 237 g/mol. The number of likely N-dealkylation sites (tertiary alicyclic amines) is 1. The Labute approximate surface area is 101 Å². The SMILES string of the molecule is CN1CCC(N)(c2nc3c(s2)CCC3)CC1. The molecule has 0 unspecified atom stereocenters. The number of nitrogens with two attached hydrogens (primary N) is 1. The summed E-state index contributed by atoms with van der Waals surface area (Å²) in [6.45, 7) is 2.20. The zero-order chi connectivity index (χ0) is 11.2. The fourth-order valence-electron chi connectivity index (χ4n) is 2.63. The first-order chi connectivity index (χ1) is 7.67. The van der Waals surface area contributed by atoms with Gasteiger partial charge in [-0.1, -0.05) is 0 Å². The molecule has 0 atom stereocenters. The third-order valence-corrected chi connectivity index (χ3v) is 5.28. The van der Waals surface area contributed by atoms with Gasteiger partial charge in [0.25, 0.3) is 0 Å². The molecule has 0 aromatic carbocycles. The van der Waals surface area contributed by atoms with Gasteiger partial charge in [0.2, 0.25) is 0 Å². The molecule has 88 valence electrons. The lowest BCUT2D eigenvalue weighted by atomic mass is 9.89. The molecule has 2 aliphatic rings. The number of nitrogens with zero attached hydrogens (tertiary/aromatic N) is 2. The summed E-state index contributed by atoms with van der Waals surface area (Å²) in [7, 11) is 2.17. The van der Waals surface area contributed by atoms with Crippen LogP contribution in [0.4, 0.5) is 0 Å². The van der Waals surface area contributed by atoms with E-state index in [0.717, 1.165) is 25.9 Å². The van der Waals surface area contributed by atoms with Crippen molar-refractivity contribution in [3.63, 3.8) is 0 Å². The van der Waals surface area contributed by atoms with Crippen LogP contribution < -0.4 is 5.73 Å². The van der Waals surface area contributed by atoms with E-state index in [0.29, 0.717) is 0 Å². The minimum Gasteiger partial charge on any atom is -0.319 e. The lowest BCUT2D eigenvalue weighted by molar-refractivity contribution is 0.191. The maximum atomic E-state index is 6.52. The predicted octanol–water partition coefficient (Wildman–Crippen LogP) is 1.51. The zero-order valence-corrected chi connectivity index (χ0v) is 10.6.